The van der Waals surface area contributed by atoms with E-state index in [0.717, 1.165) is 0 Å². The van der Waals surface area contributed by atoms with Crippen molar-refractivity contribution in [3.63, 3.8) is 0 Å². The molecule has 5 heteroatoms. The molecule has 0 unspecified atom stereocenters. The third kappa shape index (κ3) is 9.21. The molecule has 0 aromatic heterocycles. The predicted molar refractivity (Wildman–Crippen MR) is 59.4 cm³/mol. The van der Waals surface area contributed by atoms with E-state index in [9.17, 15) is 9.59 Å². The van der Waals surface area contributed by atoms with Gasteiger partial charge in [0.25, 0.3) is 0 Å². The smallest absolute Gasteiger partial charge is 0.233 e. The fraction of sp³-hybridized carbons (Fsp3) is 0.800. The molecule has 2 amide bonds. The third-order valence-corrected chi connectivity index (χ3v) is 1.80. The maximum atomic E-state index is 11.2. The lowest BCUT2D eigenvalue weighted by Gasteiger charge is -2.07. The zero-order valence-electron chi connectivity index (χ0n) is 9.72. The lowest BCUT2D eigenvalue weighted by Crippen LogP contribution is -2.34. The molecule has 0 radical (unpaired) electrons. The van der Waals surface area contributed by atoms with E-state index in [1.807, 2.05) is 13.8 Å². The van der Waals surface area contributed by atoms with E-state index >= 15 is 0 Å². The highest BCUT2D eigenvalue weighted by Gasteiger charge is 2.02. The van der Waals surface area contributed by atoms with Gasteiger partial charge in [0, 0.05) is 26.6 Å². The second-order valence-electron chi connectivity index (χ2n) is 3.80. The van der Waals surface area contributed by atoms with Crippen LogP contribution in [0.2, 0.25) is 0 Å². The van der Waals surface area contributed by atoms with Crippen molar-refractivity contribution in [1.29, 1.82) is 0 Å². The summed E-state index contributed by atoms with van der Waals surface area (Å²) in [7, 11) is 1.58. The topological polar surface area (TPSA) is 70.2 Å². The van der Waals surface area contributed by atoms with Crippen LogP contribution in [-0.2, 0) is 9.59 Å². The van der Waals surface area contributed by atoms with Crippen molar-refractivity contribution in [2.45, 2.75) is 20.3 Å². The molecule has 0 fully saturated rings. The van der Waals surface area contributed by atoms with Crippen molar-refractivity contribution in [2.24, 2.45) is 5.92 Å². The number of hydrogen-bond donors (Lipinski definition) is 3. The number of nitrogens with one attached hydrogen (secondary N) is 3. The Morgan fingerprint density at radius 2 is 1.87 bits per heavy atom. The summed E-state index contributed by atoms with van der Waals surface area (Å²) in [5, 5.41) is 8.18. The number of carbonyl (C=O) groups is 2. The highest BCUT2D eigenvalue weighted by Crippen LogP contribution is 1.87. The summed E-state index contributed by atoms with van der Waals surface area (Å²) in [5.41, 5.74) is 0. The molecular weight excluding hydrogens is 194 g/mol. The van der Waals surface area contributed by atoms with E-state index in [4.69, 9.17) is 0 Å². The molecule has 0 saturated carbocycles. The van der Waals surface area contributed by atoms with Crippen molar-refractivity contribution in [3.8, 4) is 0 Å². The molecule has 15 heavy (non-hydrogen) atoms. The quantitative estimate of drug-likeness (QED) is 0.501. The van der Waals surface area contributed by atoms with Gasteiger partial charge < -0.3 is 16.0 Å². The Morgan fingerprint density at radius 3 is 2.40 bits per heavy atom. The SMILES string of the molecule is CNC(=O)CNCCC(=O)NCC(C)C. The summed E-state index contributed by atoms with van der Waals surface area (Å²) in [6.45, 7) is 5.58. The fourth-order valence-corrected chi connectivity index (χ4v) is 0.899. The van der Waals surface area contributed by atoms with Crippen LogP contribution in [0.15, 0.2) is 0 Å². The molecule has 5 nitrogen and oxygen atoms in total. The monoisotopic (exact) mass is 215 g/mol. The first kappa shape index (κ1) is 13.9. The number of likely N-dealkylation sites (N-methyl/N-ethyl adjacent to an activating group) is 1. The minimum atomic E-state index is -0.0717. The maximum Gasteiger partial charge on any atom is 0.233 e. The van der Waals surface area contributed by atoms with Gasteiger partial charge in [0.2, 0.25) is 11.8 Å². The van der Waals surface area contributed by atoms with Crippen LogP contribution in [0.5, 0.6) is 0 Å². The first-order valence-corrected chi connectivity index (χ1v) is 5.24. The van der Waals surface area contributed by atoms with E-state index < -0.39 is 0 Å². The van der Waals surface area contributed by atoms with E-state index in [0.29, 0.717) is 25.4 Å². The average molecular weight is 215 g/mol. The second kappa shape index (κ2) is 8.23. The Morgan fingerprint density at radius 1 is 1.20 bits per heavy atom. The lowest BCUT2D eigenvalue weighted by molar-refractivity contribution is -0.122. The minimum absolute atomic E-state index is 0.0214. The number of carbonyl (C=O) groups excluding carboxylic acids is 2. The van der Waals surface area contributed by atoms with Crippen molar-refractivity contribution in [3.05, 3.63) is 0 Å². The fourth-order valence-electron chi connectivity index (χ4n) is 0.899. The van der Waals surface area contributed by atoms with Crippen LogP contribution in [0.4, 0.5) is 0 Å². The van der Waals surface area contributed by atoms with Gasteiger partial charge in [0.05, 0.1) is 6.54 Å². The molecule has 0 aromatic rings. The Labute approximate surface area is 91.0 Å². The molecule has 0 aliphatic carbocycles. The van der Waals surface area contributed by atoms with Gasteiger partial charge in [-0.25, -0.2) is 0 Å². The summed E-state index contributed by atoms with van der Waals surface area (Å²) in [6.07, 6.45) is 0.406. The normalized spacial score (nSPS) is 10.1. The molecule has 0 saturated heterocycles. The predicted octanol–water partition coefficient (Wildman–Crippen LogP) is -0.516. The van der Waals surface area contributed by atoms with Gasteiger partial charge in [-0.05, 0) is 5.92 Å². The maximum absolute atomic E-state index is 11.2. The van der Waals surface area contributed by atoms with Gasteiger partial charge in [0.1, 0.15) is 0 Å². The molecule has 0 atom stereocenters. The largest absolute Gasteiger partial charge is 0.358 e. The highest BCUT2D eigenvalue weighted by atomic mass is 16.2. The van der Waals surface area contributed by atoms with Crippen LogP contribution >= 0.6 is 0 Å². The van der Waals surface area contributed by atoms with Crippen LogP contribution in [0.25, 0.3) is 0 Å². The molecule has 88 valence electrons. The zero-order valence-corrected chi connectivity index (χ0v) is 9.72. The Bertz CT molecular complexity index is 205. The molecule has 0 bridgehead atoms. The summed E-state index contributed by atoms with van der Waals surface area (Å²) in [5.74, 6) is 0.415. The van der Waals surface area contributed by atoms with Gasteiger partial charge >= 0.3 is 0 Å². The summed E-state index contributed by atoms with van der Waals surface area (Å²) >= 11 is 0. The standard InChI is InChI=1S/C10H21N3O2/c1-8(2)6-13-9(14)4-5-12-7-10(15)11-3/h8,12H,4-7H2,1-3H3,(H,11,15)(H,13,14). The first-order valence-electron chi connectivity index (χ1n) is 5.24. The summed E-state index contributed by atoms with van der Waals surface area (Å²) in [6, 6.07) is 0. The number of hydrogen-bond acceptors (Lipinski definition) is 3. The van der Waals surface area contributed by atoms with Crippen LogP contribution < -0.4 is 16.0 Å². The molecule has 0 aliphatic rings. The van der Waals surface area contributed by atoms with Gasteiger partial charge in [-0.1, -0.05) is 13.8 Å². The van der Waals surface area contributed by atoms with Crippen LogP contribution in [0.1, 0.15) is 20.3 Å². The minimum Gasteiger partial charge on any atom is -0.358 e. The second-order valence-corrected chi connectivity index (χ2v) is 3.80. The Hall–Kier alpha value is -1.10. The highest BCUT2D eigenvalue weighted by molar-refractivity contribution is 5.78. The first-order chi connectivity index (χ1) is 7.06. The molecule has 0 aliphatic heterocycles. The van der Waals surface area contributed by atoms with Crippen LogP contribution in [-0.4, -0.2) is 38.5 Å². The van der Waals surface area contributed by atoms with E-state index in [2.05, 4.69) is 16.0 Å². The number of amides is 2. The lowest BCUT2D eigenvalue weighted by atomic mass is 10.2. The number of rotatable bonds is 7. The molecule has 0 aromatic carbocycles. The van der Waals surface area contributed by atoms with Crippen molar-refractivity contribution < 1.29 is 9.59 Å². The van der Waals surface area contributed by atoms with Crippen LogP contribution in [0, 0.1) is 5.92 Å². The van der Waals surface area contributed by atoms with Crippen molar-refractivity contribution >= 4 is 11.8 Å². The van der Waals surface area contributed by atoms with Gasteiger partial charge in [-0.3, -0.25) is 9.59 Å². The molecule has 0 spiro atoms. The Balaban J connectivity index is 3.35. The van der Waals surface area contributed by atoms with E-state index in [-0.39, 0.29) is 18.4 Å². The van der Waals surface area contributed by atoms with E-state index in [1.54, 1.807) is 7.05 Å². The summed E-state index contributed by atoms with van der Waals surface area (Å²) in [4.78, 5) is 22.0. The van der Waals surface area contributed by atoms with E-state index in [1.165, 1.54) is 0 Å². The molecular formula is C10H21N3O2. The zero-order chi connectivity index (χ0) is 11.7. The van der Waals surface area contributed by atoms with Gasteiger partial charge in [0.15, 0.2) is 0 Å². The van der Waals surface area contributed by atoms with Gasteiger partial charge in [-0.2, -0.15) is 0 Å². The Kier molecular flexibility index (Phi) is 7.62. The molecule has 0 heterocycles. The third-order valence-electron chi connectivity index (χ3n) is 1.80. The van der Waals surface area contributed by atoms with Crippen LogP contribution in [0.3, 0.4) is 0 Å². The summed E-state index contributed by atoms with van der Waals surface area (Å²) < 4.78 is 0. The van der Waals surface area contributed by atoms with Crippen molar-refractivity contribution in [1.82, 2.24) is 16.0 Å². The molecule has 0 rings (SSSR count). The van der Waals surface area contributed by atoms with Gasteiger partial charge in [-0.15, -0.1) is 0 Å². The molecule has 3 N–H and O–H groups in total. The average Bonchev–Trinajstić information content (AvgIpc) is 2.21. The van der Waals surface area contributed by atoms with Crippen molar-refractivity contribution in [2.75, 3.05) is 26.7 Å².